The molecule has 0 aliphatic carbocycles. The van der Waals surface area contributed by atoms with Gasteiger partial charge in [-0.2, -0.15) is 0 Å². The topological polar surface area (TPSA) is 85.1 Å². The van der Waals surface area contributed by atoms with Crippen molar-refractivity contribution in [3.05, 3.63) is 12.4 Å². The van der Waals surface area contributed by atoms with Gasteiger partial charge in [0.05, 0.1) is 12.1 Å². The zero-order valence-electron chi connectivity index (χ0n) is 9.36. The highest BCUT2D eigenvalue weighted by Crippen LogP contribution is 2.23. The van der Waals surface area contributed by atoms with Crippen LogP contribution < -0.4 is 16.6 Å². The Kier molecular flexibility index (Phi) is 3.21. The van der Waals surface area contributed by atoms with Crippen LogP contribution in [-0.4, -0.2) is 28.7 Å². The van der Waals surface area contributed by atoms with Gasteiger partial charge in [-0.25, -0.2) is 15.8 Å². The number of hydrogen-bond donors (Lipinski definition) is 3. The Morgan fingerprint density at radius 3 is 2.94 bits per heavy atom. The number of hydrazine groups is 1. The van der Waals surface area contributed by atoms with Gasteiger partial charge in [-0.3, -0.25) is 0 Å². The first kappa shape index (κ1) is 11.1. The number of rotatable bonds is 3. The Hall–Kier alpha value is -1.40. The van der Waals surface area contributed by atoms with Crippen molar-refractivity contribution in [1.82, 2.24) is 9.97 Å². The quantitative estimate of drug-likeness (QED) is 0.518. The van der Waals surface area contributed by atoms with Gasteiger partial charge in [0.1, 0.15) is 18.0 Å². The highest BCUT2D eigenvalue weighted by atomic mass is 16.5. The van der Waals surface area contributed by atoms with E-state index in [1.807, 2.05) is 0 Å². The average Bonchev–Trinajstić information content (AvgIpc) is 2.29. The van der Waals surface area contributed by atoms with E-state index in [0.717, 1.165) is 25.3 Å². The molecule has 0 amide bonds. The number of aromatic nitrogens is 2. The van der Waals surface area contributed by atoms with Gasteiger partial charge in [0.2, 0.25) is 0 Å². The third-order valence-electron chi connectivity index (χ3n) is 2.68. The minimum Gasteiger partial charge on any atom is -0.379 e. The average molecular weight is 223 g/mol. The molecule has 1 aliphatic heterocycles. The molecule has 0 aromatic carbocycles. The van der Waals surface area contributed by atoms with Gasteiger partial charge in [-0.05, 0) is 19.8 Å². The van der Waals surface area contributed by atoms with Crippen LogP contribution in [0.2, 0.25) is 0 Å². The van der Waals surface area contributed by atoms with E-state index in [-0.39, 0.29) is 5.54 Å². The zero-order chi connectivity index (χ0) is 11.4. The molecule has 4 N–H and O–H groups in total. The van der Waals surface area contributed by atoms with E-state index in [9.17, 15) is 0 Å². The molecular formula is C10H17N5O. The second-order valence-electron chi connectivity index (χ2n) is 4.27. The van der Waals surface area contributed by atoms with E-state index in [0.29, 0.717) is 12.4 Å². The van der Waals surface area contributed by atoms with Crippen molar-refractivity contribution in [3.8, 4) is 0 Å². The largest absolute Gasteiger partial charge is 0.379 e. The van der Waals surface area contributed by atoms with Gasteiger partial charge in [0, 0.05) is 12.7 Å². The van der Waals surface area contributed by atoms with Gasteiger partial charge in [0.25, 0.3) is 0 Å². The molecule has 2 heterocycles. The Morgan fingerprint density at radius 1 is 1.44 bits per heavy atom. The molecule has 1 aromatic heterocycles. The van der Waals surface area contributed by atoms with Crippen LogP contribution in [0.5, 0.6) is 0 Å². The lowest BCUT2D eigenvalue weighted by Crippen LogP contribution is -2.43. The fraction of sp³-hybridized carbons (Fsp3) is 0.600. The highest BCUT2D eigenvalue weighted by Gasteiger charge is 2.27. The Labute approximate surface area is 94.6 Å². The normalized spacial score (nSPS) is 25.1. The van der Waals surface area contributed by atoms with Crippen LogP contribution in [0.1, 0.15) is 19.8 Å². The summed E-state index contributed by atoms with van der Waals surface area (Å²) in [7, 11) is 0. The summed E-state index contributed by atoms with van der Waals surface area (Å²) in [5, 5.41) is 3.36. The molecular weight excluding hydrogens is 206 g/mol. The number of hydrogen-bond acceptors (Lipinski definition) is 6. The summed E-state index contributed by atoms with van der Waals surface area (Å²) in [6, 6.07) is 1.78. The maximum absolute atomic E-state index is 5.47. The molecule has 1 atom stereocenters. The molecule has 1 fully saturated rings. The molecule has 0 saturated carbocycles. The van der Waals surface area contributed by atoms with Crippen LogP contribution in [0.4, 0.5) is 11.6 Å². The van der Waals surface area contributed by atoms with Crippen LogP contribution in [0.25, 0.3) is 0 Å². The van der Waals surface area contributed by atoms with Crippen LogP contribution in [0, 0.1) is 0 Å². The van der Waals surface area contributed by atoms with Crippen molar-refractivity contribution in [2.75, 3.05) is 24.0 Å². The monoisotopic (exact) mass is 223 g/mol. The molecule has 0 spiro atoms. The van der Waals surface area contributed by atoms with Gasteiger partial charge in [-0.1, -0.05) is 0 Å². The van der Waals surface area contributed by atoms with E-state index in [1.54, 1.807) is 6.07 Å². The third kappa shape index (κ3) is 2.59. The Bertz CT molecular complexity index is 351. The second kappa shape index (κ2) is 4.63. The van der Waals surface area contributed by atoms with E-state index in [2.05, 4.69) is 27.6 Å². The summed E-state index contributed by atoms with van der Waals surface area (Å²) in [5.74, 6) is 6.65. The van der Waals surface area contributed by atoms with Crippen molar-refractivity contribution >= 4 is 11.6 Å². The van der Waals surface area contributed by atoms with Crippen molar-refractivity contribution in [2.24, 2.45) is 5.84 Å². The molecule has 16 heavy (non-hydrogen) atoms. The van der Waals surface area contributed by atoms with Crippen molar-refractivity contribution in [1.29, 1.82) is 0 Å². The minimum atomic E-state index is -0.0571. The first-order chi connectivity index (χ1) is 7.72. The van der Waals surface area contributed by atoms with Gasteiger partial charge >= 0.3 is 0 Å². The predicted octanol–water partition coefficient (Wildman–Crippen LogP) is 0.743. The molecule has 1 aliphatic rings. The minimum absolute atomic E-state index is 0.0571. The van der Waals surface area contributed by atoms with Crippen LogP contribution in [0.3, 0.4) is 0 Å². The van der Waals surface area contributed by atoms with Crippen molar-refractivity contribution in [3.63, 3.8) is 0 Å². The molecule has 2 rings (SSSR count). The molecule has 88 valence electrons. The molecule has 6 nitrogen and oxygen atoms in total. The maximum atomic E-state index is 5.47. The SMILES string of the molecule is CC1(Nc2cc(NN)ncn2)CCCOC1. The number of nitrogen functional groups attached to an aromatic ring is 1. The maximum Gasteiger partial charge on any atom is 0.145 e. The third-order valence-corrected chi connectivity index (χ3v) is 2.68. The van der Waals surface area contributed by atoms with Gasteiger partial charge in [0.15, 0.2) is 0 Å². The lowest BCUT2D eigenvalue weighted by Gasteiger charge is -2.34. The molecule has 1 unspecified atom stereocenters. The summed E-state index contributed by atoms with van der Waals surface area (Å²) in [5.41, 5.74) is 2.44. The van der Waals surface area contributed by atoms with Crippen LogP contribution in [0.15, 0.2) is 12.4 Å². The molecule has 1 aromatic rings. The fourth-order valence-corrected chi connectivity index (χ4v) is 1.85. The smallest absolute Gasteiger partial charge is 0.145 e. The Morgan fingerprint density at radius 2 is 2.25 bits per heavy atom. The first-order valence-corrected chi connectivity index (χ1v) is 5.36. The molecule has 0 bridgehead atoms. The number of anilines is 2. The van der Waals surface area contributed by atoms with Crippen LogP contribution in [-0.2, 0) is 4.74 Å². The van der Waals surface area contributed by atoms with Crippen LogP contribution >= 0.6 is 0 Å². The number of ether oxygens (including phenoxy) is 1. The van der Waals surface area contributed by atoms with Gasteiger partial charge in [-0.15, -0.1) is 0 Å². The summed E-state index contributed by atoms with van der Waals surface area (Å²) in [4.78, 5) is 8.11. The lowest BCUT2D eigenvalue weighted by atomic mass is 9.95. The Balaban J connectivity index is 2.07. The second-order valence-corrected chi connectivity index (χ2v) is 4.27. The van der Waals surface area contributed by atoms with Crippen molar-refractivity contribution < 1.29 is 4.74 Å². The summed E-state index contributed by atoms with van der Waals surface area (Å²) in [6.45, 7) is 3.67. The lowest BCUT2D eigenvalue weighted by molar-refractivity contribution is 0.0539. The number of nitrogens with one attached hydrogen (secondary N) is 2. The standard InChI is InChI=1S/C10H17N5O/c1-10(3-2-4-16-6-10)14-8-5-9(15-11)13-7-12-8/h5,7H,2-4,6,11H2,1H3,(H2,12,13,14,15). The molecule has 6 heteroatoms. The first-order valence-electron chi connectivity index (χ1n) is 5.36. The zero-order valence-corrected chi connectivity index (χ0v) is 9.36. The molecule has 1 saturated heterocycles. The molecule has 0 radical (unpaired) electrons. The predicted molar refractivity (Wildman–Crippen MR) is 61.9 cm³/mol. The highest BCUT2D eigenvalue weighted by molar-refractivity contribution is 5.47. The van der Waals surface area contributed by atoms with E-state index < -0.39 is 0 Å². The van der Waals surface area contributed by atoms with E-state index >= 15 is 0 Å². The summed E-state index contributed by atoms with van der Waals surface area (Å²) in [6.07, 6.45) is 3.61. The number of nitrogens with zero attached hydrogens (tertiary/aromatic N) is 2. The number of nitrogens with two attached hydrogens (primary N) is 1. The summed E-state index contributed by atoms with van der Waals surface area (Å²) >= 11 is 0. The van der Waals surface area contributed by atoms with E-state index in [1.165, 1.54) is 6.33 Å². The summed E-state index contributed by atoms with van der Waals surface area (Å²) < 4.78 is 5.47. The van der Waals surface area contributed by atoms with Crippen molar-refractivity contribution in [2.45, 2.75) is 25.3 Å². The van der Waals surface area contributed by atoms with E-state index in [4.69, 9.17) is 10.6 Å². The fourth-order valence-electron chi connectivity index (χ4n) is 1.85. The van der Waals surface area contributed by atoms with Gasteiger partial charge < -0.3 is 15.5 Å².